The number of ether oxygens (including phenoxy) is 1. The number of hydrogen-bond acceptors (Lipinski definition) is 2. The van der Waals surface area contributed by atoms with Gasteiger partial charge >= 0.3 is 6.18 Å². The van der Waals surface area contributed by atoms with Crippen LogP contribution in [0, 0.1) is 0 Å². The Morgan fingerprint density at radius 2 is 1.72 bits per heavy atom. The predicted molar refractivity (Wildman–Crippen MR) is 96.3 cm³/mol. The molecule has 1 aliphatic rings. The minimum Gasteiger partial charge on any atom is -0.414 e. The van der Waals surface area contributed by atoms with Gasteiger partial charge in [0.25, 0.3) is 0 Å². The minimum atomic E-state index is -4.43. The molecular weight excluding hydrogens is 369 g/mol. The van der Waals surface area contributed by atoms with E-state index < -0.39 is 20.1 Å². The Hall–Kier alpha value is -0.563. The van der Waals surface area contributed by atoms with E-state index in [2.05, 4.69) is 33.9 Å². The summed E-state index contributed by atoms with van der Waals surface area (Å²) in [6, 6.07) is 3.74. The van der Waals surface area contributed by atoms with Gasteiger partial charge in [0, 0.05) is 6.10 Å². The average molecular weight is 395 g/mol. The van der Waals surface area contributed by atoms with Gasteiger partial charge in [-0.25, -0.2) is 0 Å². The lowest BCUT2D eigenvalue weighted by atomic mass is 9.92. The van der Waals surface area contributed by atoms with Gasteiger partial charge in [-0.05, 0) is 48.7 Å². The molecular formula is C18H26ClF3O2Si. The Labute approximate surface area is 153 Å². The third kappa shape index (κ3) is 5.22. The van der Waals surface area contributed by atoms with Crippen molar-refractivity contribution >= 4 is 19.9 Å². The molecule has 0 heterocycles. The van der Waals surface area contributed by atoms with Gasteiger partial charge in [-0.1, -0.05) is 38.4 Å². The fourth-order valence-corrected chi connectivity index (χ4v) is 4.13. The number of rotatable bonds is 5. The molecule has 0 spiro atoms. The Kier molecular flexibility index (Phi) is 5.99. The number of halogens is 4. The fraction of sp³-hybridized carbons (Fsp3) is 0.667. The van der Waals surface area contributed by atoms with Crippen LogP contribution in [0.4, 0.5) is 13.2 Å². The second-order valence-electron chi connectivity index (χ2n) is 8.22. The SMILES string of the molecule is CC(C)(C)[Si](C)(C)O[C@H]1C[C@@H](OCc2ccc(C(F)(F)F)c(Cl)c2)C1. The lowest BCUT2D eigenvalue weighted by Gasteiger charge is -2.44. The van der Waals surface area contributed by atoms with Crippen LogP contribution in [0.15, 0.2) is 18.2 Å². The summed E-state index contributed by atoms with van der Waals surface area (Å²) in [5, 5.41) is -0.114. The smallest absolute Gasteiger partial charge is 0.414 e. The normalized spacial score (nSPS) is 22.0. The van der Waals surface area contributed by atoms with Gasteiger partial charge in [0.1, 0.15) is 0 Å². The summed E-state index contributed by atoms with van der Waals surface area (Å²) in [6.07, 6.45) is -2.45. The highest BCUT2D eigenvalue weighted by atomic mass is 35.5. The topological polar surface area (TPSA) is 18.5 Å². The van der Waals surface area contributed by atoms with Crippen LogP contribution < -0.4 is 0 Å². The monoisotopic (exact) mass is 394 g/mol. The summed E-state index contributed by atoms with van der Waals surface area (Å²) >= 11 is 5.72. The molecule has 1 saturated carbocycles. The van der Waals surface area contributed by atoms with Crippen molar-refractivity contribution in [1.29, 1.82) is 0 Å². The molecule has 2 nitrogen and oxygen atoms in total. The molecule has 0 amide bonds. The van der Waals surface area contributed by atoms with Crippen LogP contribution in [-0.4, -0.2) is 20.5 Å². The number of benzene rings is 1. The molecule has 0 N–H and O–H groups in total. The summed E-state index contributed by atoms with van der Waals surface area (Å²) < 4.78 is 50.2. The standard InChI is InChI=1S/C18H26ClF3O2Si/c1-17(2,3)25(4,5)24-14-9-13(10-14)23-11-12-6-7-15(16(19)8-12)18(20,21)22/h6-8,13-14H,9-11H2,1-5H3/t13-,14+. The van der Waals surface area contributed by atoms with Crippen molar-refractivity contribution < 1.29 is 22.3 Å². The van der Waals surface area contributed by atoms with E-state index in [0.29, 0.717) is 5.56 Å². The van der Waals surface area contributed by atoms with E-state index in [1.807, 2.05) is 0 Å². The van der Waals surface area contributed by atoms with E-state index in [9.17, 15) is 13.2 Å². The molecule has 0 atom stereocenters. The Morgan fingerprint density at radius 1 is 1.12 bits per heavy atom. The molecule has 0 radical (unpaired) electrons. The quantitative estimate of drug-likeness (QED) is 0.536. The van der Waals surface area contributed by atoms with Crippen LogP contribution in [-0.2, 0) is 21.9 Å². The lowest BCUT2D eigenvalue weighted by Crippen LogP contribution is -2.49. The first-order valence-electron chi connectivity index (χ1n) is 8.44. The van der Waals surface area contributed by atoms with E-state index >= 15 is 0 Å². The highest BCUT2D eigenvalue weighted by Crippen LogP contribution is 2.41. The van der Waals surface area contributed by atoms with E-state index in [1.54, 1.807) is 0 Å². The molecule has 0 aromatic heterocycles. The maximum Gasteiger partial charge on any atom is 0.417 e. The summed E-state index contributed by atoms with van der Waals surface area (Å²) in [5.41, 5.74) is -0.170. The highest BCUT2D eigenvalue weighted by molar-refractivity contribution is 6.74. The van der Waals surface area contributed by atoms with Crippen molar-refractivity contribution in [3.63, 3.8) is 0 Å². The predicted octanol–water partition coefficient (Wildman–Crippen LogP) is 6.43. The van der Waals surface area contributed by atoms with Crippen LogP contribution in [0.25, 0.3) is 0 Å². The van der Waals surface area contributed by atoms with Crippen molar-refractivity contribution in [3.05, 3.63) is 34.3 Å². The van der Waals surface area contributed by atoms with Gasteiger partial charge in [0.05, 0.1) is 23.3 Å². The highest BCUT2D eigenvalue weighted by Gasteiger charge is 2.42. The van der Waals surface area contributed by atoms with Crippen LogP contribution >= 0.6 is 11.6 Å². The van der Waals surface area contributed by atoms with Crippen molar-refractivity contribution in [2.24, 2.45) is 0 Å². The number of alkyl halides is 3. The van der Waals surface area contributed by atoms with Crippen molar-refractivity contribution in [2.45, 2.75) is 76.7 Å². The van der Waals surface area contributed by atoms with Gasteiger partial charge in [0.2, 0.25) is 0 Å². The van der Waals surface area contributed by atoms with E-state index in [4.69, 9.17) is 20.8 Å². The molecule has 1 aromatic carbocycles. The van der Waals surface area contributed by atoms with Gasteiger partial charge in [-0.3, -0.25) is 0 Å². The van der Waals surface area contributed by atoms with Crippen molar-refractivity contribution in [2.75, 3.05) is 0 Å². The summed E-state index contributed by atoms with van der Waals surface area (Å²) in [4.78, 5) is 0. The molecule has 142 valence electrons. The van der Waals surface area contributed by atoms with E-state index in [0.717, 1.165) is 18.9 Å². The van der Waals surface area contributed by atoms with Gasteiger partial charge in [-0.15, -0.1) is 0 Å². The molecule has 0 bridgehead atoms. The van der Waals surface area contributed by atoms with Crippen LogP contribution in [0.1, 0.15) is 44.7 Å². The van der Waals surface area contributed by atoms with Crippen molar-refractivity contribution in [3.8, 4) is 0 Å². The second kappa shape index (κ2) is 7.22. The van der Waals surface area contributed by atoms with Crippen LogP contribution in [0.3, 0.4) is 0 Å². The zero-order chi connectivity index (χ0) is 19.0. The van der Waals surface area contributed by atoms with Crippen LogP contribution in [0.5, 0.6) is 0 Å². The Morgan fingerprint density at radius 3 is 2.20 bits per heavy atom. The molecule has 0 saturated heterocycles. The van der Waals surface area contributed by atoms with Gasteiger partial charge in [-0.2, -0.15) is 13.2 Å². The third-order valence-corrected chi connectivity index (χ3v) is 9.99. The maximum atomic E-state index is 12.7. The first-order valence-corrected chi connectivity index (χ1v) is 11.7. The van der Waals surface area contributed by atoms with E-state index in [1.165, 1.54) is 12.1 Å². The Balaban J connectivity index is 1.81. The minimum absolute atomic E-state index is 0.0934. The zero-order valence-corrected chi connectivity index (χ0v) is 17.1. The molecule has 1 fully saturated rings. The lowest BCUT2D eigenvalue weighted by molar-refractivity contribution is -0.137. The second-order valence-corrected chi connectivity index (χ2v) is 13.4. The molecule has 0 unspecified atom stereocenters. The summed E-state index contributed by atoms with van der Waals surface area (Å²) in [7, 11) is -1.77. The molecule has 1 aliphatic carbocycles. The fourth-order valence-electron chi connectivity index (χ4n) is 2.44. The number of hydrogen-bond donors (Lipinski definition) is 0. The molecule has 0 aliphatic heterocycles. The van der Waals surface area contributed by atoms with Gasteiger partial charge in [0.15, 0.2) is 8.32 Å². The average Bonchev–Trinajstić information content (AvgIpc) is 2.38. The first kappa shape index (κ1) is 20.7. The summed E-state index contributed by atoms with van der Waals surface area (Å²) in [6.45, 7) is 11.3. The molecule has 2 rings (SSSR count). The zero-order valence-electron chi connectivity index (χ0n) is 15.3. The van der Waals surface area contributed by atoms with E-state index in [-0.39, 0.29) is 28.9 Å². The largest absolute Gasteiger partial charge is 0.417 e. The Bertz CT molecular complexity index is 605. The first-order chi connectivity index (χ1) is 11.3. The molecule has 1 aromatic rings. The van der Waals surface area contributed by atoms with Crippen molar-refractivity contribution in [1.82, 2.24) is 0 Å². The molecule has 25 heavy (non-hydrogen) atoms. The maximum absolute atomic E-state index is 12.7. The third-order valence-electron chi connectivity index (χ3n) is 5.14. The summed E-state index contributed by atoms with van der Waals surface area (Å²) in [5.74, 6) is 0. The molecule has 7 heteroatoms. The van der Waals surface area contributed by atoms with Gasteiger partial charge < -0.3 is 9.16 Å². The van der Waals surface area contributed by atoms with Crippen LogP contribution in [0.2, 0.25) is 23.2 Å².